The van der Waals surface area contributed by atoms with Crippen LogP contribution in [0.5, 0.6) is 0 Å². The molecule has 1 N–H and O–H groups in total. The number of imidazole rings is 1. The van der Waals surface area contributed by atoms with Gasteiger partial charge in [0, 0.05) is 6.54 Å². The Morgan fingerprint density at radius 3 is 2.38 bits per heavy atom. The van der Waals surface area contributed by atoms with Gasteiger partial charge in [-0.05, 0) is 35.6 Å². The number of benzene rings is 2. The molecular weight excluding hydrogens is 388 g/mol. The first-order chi connectivity index (χ1) is 14.0. The quantitative estimate of drug-likeness (QED) is 0.561. The fourth-order valence-electron chi connectivity index (χ4n) is 3.59. The van der Waals surface area contributed by atoms with E-state index in [0.29, 0.717) is 30.2 Å². The molecule has 3 aromatic rings. The van der Waals surface area contributed by atoms with Gasteiger partial charge in [0.25, 0.3) is 0 Å². The minimum atomic E-state index is -0.992. The predicted molar refractivity (Wildman–Crippen MR) is 116 cm³/mol. The van der Waals surface area contributed by atoms with Crippen molar-refractivity contribution >= 4 is 17.6 Å². The number of nitrogens with zero attached hydrogens (tertiary/aromatic N) is 2. The number of carboxylic acid groups (broad SMARTS) is 1. The molecule has 0 saturated heterocycles. The second kappa shape index (κ2) is 9.14. The first-order valence-corrected chi connectivity index (χ1v) is 10.2. The fraction of sp³-hybridized carbons (Fsp3) is 0.304. The van der Waals surface area contributed by atoms with Crippen molar-refractivity contribution in [3.63, 3.8) is 0 Å². The van der Waals surface area contributed by atoms with Crippen LogP contribution < -0.4 is 5.69 Å². The van der Waals surface area contributed by atoms with E-state index in [-0.39, 0.29) is 11.3 Å². The Bertz CT molecular complexity index is 1070. The molecule has 0 amide bonds. The zero-order chi connectivity index (χ0) is 21.0. The fourth-order valence-corrected chi connectivity index (χ4v) is 3.94. The van der Waals surface area contributed by atoms with Gasteiger partial charge in [0.15, 0.2) is 0 Å². The van der Waals surface area contributed by atoms with E-state index in [4.69, 9.17) is 11.6 Å². The number of hydrogen-bond acceptors (Lipinski definition) is 2. The molecule has 1 heterocycles. The van der Waals surface area contributed by atoms with E-state index >= 15 is 0 Å². The highest BCUT2D eigenvalue weighted by molar-refractivity contribution is 6.30. The molecule has 0 aliphatic heterocycles. The van der Waals surface area contributed by atoms with Gasteiger partial charge in [-0.1, -0.05) is 74.3 Å². The molecule has 1 aromatic heterocycles. The van der Waals surface area contributed by atoms with Crippen molar-refractivity contribution in [1.29, 1.82) is 0 Å². The summed E-state index contributed by atoms with van der Waals surface area (Å²) in [6.45, 7) is 4.90. The van der Waals surface area contributed by atoms with E-state index in [9.17, 15) is 14.7 Å². The summed E-state index contributed by atoms with van der Waals surface area (Å²) in [7, 11) is 0. The first-order valence-electron chi connectivity index (χ1n) is 9.87. The van der Waals surface area contributed by atoms with E-state index in [1.54, 1.807) is 15.2 Å². The van der Waals surface area contributed by atoms with Crippen molar-refractivity contribution in [2.45, 2.75) is 46.2 Å². The normalized spacial score (nSPS) is 11.0. The monoisotopic (exact) mass is 412 g/mol. The number of carbonyl (C=O) groups is 1. The number of halogens is 1. The summed E-state index contributed by atoms with van der Waals surface area (Å²) in [5.41, 5.74) is 3.13. The molecule has 29 heavy (non-hydrogen) atoms. The number of aromatic nitrogens is 2. The van der Waals surface area contributed by atoms with Crippen molar-refractivity contribution in [2.24, 2.45) is 0 Å². The van der Waals surface area contributed by atoms with E-state index in [1.807, 2.05) is 56.3 Å². The molecule has 6 heteroatoms. The van der Waals surface area contributed by atoms with Crippen LogP contribution in [0.25, 0.3) is 11.1 Å². The van der Waals surface area contributed by atoms with E-state index in [2.05, 4.69) is 0 Å². The maximum atomic E-state index is 12.9. The minimum Gasteiger partial charge on any atom is -0.478 e. The van der Waals surface area contributed by atoms with Gasteiger partial charge in [-0.2, -0.15) is 0 Å². The van der Waals surface area contributed by atoms with Crippen LogP contribution in [0.2, 0.25) is 5.15 Å². The molecule has 0 bridgehead atoms. The summed E-state index contributed by atoms with van der Waals surface area (Å²) in [5, 5.41) is 10.2. The molecule has 0 aliphatic carbocycles. The Kier molecular flexibility index (Phi) is 6.60. The smallest absolute Gasteiger partial charge is 0.336 e. The SMILES string of the molecule is CCCc1c(Cl)n(CCC)c(=O)n1Cc1ccc(-c2ccccc2)c(C(=O)O)c1. The first kappa shape index (κ1) is 20.9. The zero-order valence-electron chi connectivity index (χ0n) is 16.7. The van der Waals surface area contributed by atoms with Crippen LogP contribution in [-0.4, -0.2) is 20.2 Å². The Hall–Kier alpha value is -2.79. The third kappa shape index (κ3) is 4.30. The summed E-state index contributed by atoms with van der Waals surface area (Å²) in [4.78, 5) is 24.8. The topological polar surface area (TPSA) is 64.2 Å². The lowest BCUT2D eigenvalue weighted by atomic mass is 9.97. The highest BCUT2D eigenvalue weighted by Gasteiger charge is 2.19. The van der Waals surface area contributed by atoms with E-state index in [1.165, 1.54) is 0 Å². The van der Waals surface area contributed by atoms with Gasteiger partial charge in [-0.3, -0.25) is 9.13 Å². The second-order valence-corrected chi connectivity index (χ2v) is 7.42. The van der Waals surface area contributed by atoms with Crippen molar-refractivity contribution in [2.75, 3.05) is 0 Å². The van der Waals surface area contributed by atoms with Gasteiger partial charge in [0.05, 0.1) is 17.8 Å². The van der Waals surface area contributed by atoms with E-state index in [0.717, 1.165) is 29.7 Å². The lowest BCUT2D eigenvalue weighted by Crippen LogP contribution is -2.25. The van der Waals surface area contributed by atoms with Gasteiger partial charge in [0.2, 0.25) is 0 Å². The molecule has 0 aliphatic rings. The van der Waals surface area contributed by atoms with Crippen LogP contribution in [0, 0.1) is 0 Å². The average molecular weight is 413 g/mol. The molecule has 0 spiro atoms. The van der Waals surface area contributed by atoms with Gasteiger partial charge >= 0.3 is 11.7 Å². The number of aromatic carboxylic acids is 1. The van der Waals surface area contributed by atoms with Crippen LogP contribution in [0.3, 0.4) is 0 Å². The van der Waals surface area contributed by atoms with Crippen molar-refractivity contribution in [3.8, 4) is 11.1 Å². The van der Waals surface area contributed by atoms with Crippen LogP contribution >= 0.6 is 11.6 Å². The standard InChI is InChI=1S/C23H25ClN2O3/c1-3-8-20-21(24)25(13-4-2)23(29)26(20)15-16-11-12-18(19(14-16)22(27)28)17-9-6-5-7-10-17/h5-7,9-12,14H,3-4,8,13,15H2,1-2H3,(H,27,28). The number of rotatable bonds is 8. The third-order valence-electron chi connectivity index (χ3n) is 4.94. The zero-order valence-corrected chi connectivity index (χ0v) is 17.4. The maximum absolute atomic E-state index is 12.9. The number of hydrogen-bond donors (Lipinski definition) is 1. The summed E-state index contributed by atoms with van der Waals surface area (Å²) in [5.74, 6) is -0.992. The Labute approximate surface area is 175 Å². The summed E-state index contributed by atoms with van der Waals surface area (Å²) in [6.07, 6.45) is 2.37. The molecule has 152 valence electrons. The van der Waals surface area contributed by atoms with Crippen LogP contribution in [0.4, 0.5) is 0 Å². The van der Waals surface area contributed by atoms with E-state index < -0.39 is 5.97 Å². The Morgan fingerprint density at radius 2 is 1.76 bits per heavy atom. The summed E-state index contributed by atoms with van der Waals surface area (Å²) < 4.78 is 3.27. The van der Waals surface area contributed by atoms with Gasteiger partial charge in [-0.15, -0.1) is 0 Å². The van der Waals surface area contributed by atoms with Crippen molar-refractivity contribution < 1.29 is 9.90 Å². The largest absolute Gasteiger partial charge is 0.478 e. The van der Waals surface area contributed by atoms with Crippen LogP contribution in [-0.2, 0) is 19.5 Å². The van der Waals surface area contributed by atoms with Gasteiger partial charge in [0.1, 0.15) is 5.15 Å². The summed E-state index contributed by atoms with van der Waals surface area (Å²) >= 11 is 6.49. The van der Waals surface area contributed by atoms with Crippen LogP contribution in [0.1, 0.15) is 48.3 Å². The Balaban J connectivity index is 2.05. The highest BCUT2D eigenvalue weighted by Crippen LogP contribution is 2.26. The van der Waals surface area contributed by atoms with Gasteiger partial charge in [-0.25, -0.2) is 9.59 Å². The maximum Gasteiger partial charge on any atom is 0.336 e. The number of carboxylic acids is 1. The molecule has 0 atom stereocenters. The van der Waals surface area contributed by atoms with Gasteiger partial charge < -0.3 is 5.11 Å². The molecule has 0 radical (unpaired) electrons. The molecule has 0 saturated carbocycles. The highest BCUT2D eigenvalue weighted by atomic mass is 35.5. The average Bonchev–Trinajstić information content (AvgIpc) is 2.94. The second-order valence-electron chi connectivity index (χ2n) is 7.06. The van der Waals surface area contributed by atoms with Crippen LogP contribution in [0.15, 0.2) is 53.3 Å². The minimum absolute atomic E-state index is 0.149. The summed E-state index contributed by atoms with van der Waals surface area (Å²) in [6, 6.07) is 14.8. The van der Waals surface area contributed by atoms with Crippen molar-refractivity contribution in [3.05, 3.63) is 81.0 Å². The molecule has 0 fully saturated rings. The molecule has 2 aromatic carbocycles. The molecule has 0 unspecified atom stereocenters. The molecule has 5 nitrogen and oxygen atoms in total. The third-order valence-corrected chi connectivity index (χ3v) is 5.36. The molecule has 3 rings (SSSR count). The van der Waals surface area contributed by atoms with Crippen molar-refractivity contribution in [1.82, 2.24) is 9.13 Å². The lowest BCUT2D eigenvalue weighted by molar-refractivity contribution is 0.0697. The predicted octanol–water partition coefficient (Wildman–Crippen LogP) is 5.08. The Morgan fingerprint density at radius 1 is 1.03 bits per heavy atom. The lowest BCUT2D eigenvalue weighted by Gasteiger charge is -2.11. The molecular formula is C23H25ClN2O3.